The van der Waals surface area contributed by atoms with E-state index in [1.165, 1.54) is 12.1 Å². The number of para-hydroxylation sites is 1. The van der Waals surface area contributed by atoms with E-state index in [-0.39, 0.29) is 31.4 Å². The molecule has 1 atom stereocenters. The first-order valence-corrected chi connectivity index (χ1v) is 7.90. The zero-order chi connectivity index (χ0) is 18.8. The SMILES string of the molecule is CC1(C)CC(=O)NN1[C@@H](CCCc1ccccc1[N+](=O)[O-])C(F)(F)F. The molecule has 1 aliphatic heterocycles. The van der Waals surface area contributed by atoms with E-state index in [0.29, 0.717) is 5.56 Å². The number of nitro benzene ring substituents is 1. The molecule has 0 radical (unpaired) electrons. The quantitative estimate of drug-likeness (QED) is 0.624. The maximum absolute atomic E-state index is 13.5. The smallest absolute Gasteiger partial charge is 0.288 e. The van der Waals surface area contributed by atoms with Crippen molar-refractivity contribution in [2.45, 2.75) is 57.3 Å². The number of hydrogen-bond acceptors (Lipinski definition) is 4. The van der Waals surface area contributed by atoms with Crippen LogP contribution < -0.4 is 5.43 Å². The lowest BCUT2D eigenvalue weighted by atomic mass is 9.97. The van der Waals surface area contributed by atoms with Crippen molar-refractivity contribution in [2.75, 3.05) is 0 Å². The number of carbonyl (C=O) groups excluding carboxylic acids is 1. The van der Waals surface area contributed by atoms with E-state index >= 15 is 0 Å². The van der Waals surface area contributed by atoms with E-state index in [2.05, 4.69) is 5.43 Å². The number of benzene rings is 1. The summed E-state index contributed by atoms with van der Waals surface area (Å²) in [5, 5.41) is 11.9. The molecule has 1 amide bonds. The van der Waals surface area contributed by atoms with Crippen molar-refractivity contribution >= 4 is 11.6 Å². The molecule has 138 valence electrons. The lowest BCUT2D eigenvalue weighted by Gasteiger charge is -2.37. The minimum atomic E-state index is -4.52. The predicted octanol–water partition coefficient (Wildman–Crippen LogP) is 3.36. The van der Waals surface area contributed by atoms with E-state index in [4.69, 9.17) is 0 Å². The Morgan fingerprint density at radius 3 is 2.52 bits per heavy atom. The first-order valence-electron chi connectivity index (χ1n) is 7.90. The van der Waals surface area contributed by atoms with Gasteiger partial charge < -0.3 is 0 Å². The summed E-state index contributed by atoms with van der Waals surface area (Å²) in [6.45, 7) is 3.15. The minimum Gasteiger partial charge on any atom is -0.288 e. The molecule has 0 unspecified atom stereocenters. The fraction of sp³-hybridized carbons (Fsp3) is 0.562. The maximum atomic E-state index is 13.5. The summed E-state index contributed by atoms with van der Waals surface area (Å²) in [6, 6.07) is 4.18. The van der Waals surface area contributed by atoms with Crippen molar-refractivity contribution in [1.29, 1.82) is 0 Å². The second-order valence-corrected chi connectivity index (χ2v) is 6.73. The number of rotatable bonds is 6. The van der Waals surface area contributed by atoms with Crippen LogP contribution in [-0.4, -0.2) is 33.6 Å². The Bertz CT molecular complexity index is 662. The van der Waals surface area contributed by atoms with Gasteiger partial charge in [0.1, 0.15) is 6.04 Å². The third-order valence-electron chi connectivity index (χ3n) is 4.29. The molecule has 1 fully saturated rings. The Kier molecular flexibility index (Phi) is 5.36. The lowest BCUT2D eigenvalue weighted by molar-refractivity contribution is -0.385. The van der Waals surface area contributed by atoms with E-state index in [1.807, 2.05) is 0 Å². The van der Waals surface area contributed by atoms with E-state index in [1.54, 1.807) is 26.0 Å². The Balaban J connectivity index is 2.10. The molecule has 1 N–H and O–H groups in total. The van der Waals surface area contributed by atoms with Crippen molar-refractivity contribution in [2.24, 2.45) is 0 Å². The molecule has 1 aliphatic rings. The Morgan fingerprint density at radius 2 is 2.00 bits per heavy atom. The van der Waals surface area contributed by atoms with Gasteiger partial charge in [0.05, 0.1) is 4.92 Å². The normalized spacial score (nSPS) is 18.8. The van der Waals surface area contributed by atoms with Gasteiger partial charge in [-0.25, -0.2) is 5.01 Å². The summed E-state index contributed by atoms with van der Waals surface area (Å²) >= 11 is 0. The second kappa shape index (κ2) is 6.99. The van der Waals surface area contributed by atoms with Crippen LogP contribution in [0.4, 0.5) is 18.9 Å². The standard InChI is InChI=1S/C16H20F3N3O3/c1-15(2)10-14(23)20-21(15)13(16(17,18)19)9-5-7-11-6-3-4-8-12(11)22(24)25/h3-4,6,8,13H,5,7,9-10H2,1-2H3,(H,20,23)/t13-/m0/s1. The molecule has 6 nitrogen and oxygen atoms in total. The van der Waals surface area contributed by atoms with Crippen LogP contribution in [0.2, 0.25) is 0 Å². The summed E-state index contributed by atoms with van der Waals surface area (Å²) in [5.41, 5.74) is 1.65. The fourth-order valence-electron chi connectivity index (χ4n) is 3.13. The van der Waals surface area contributed by atoms with Crippen LogP contribution in [0.3, 0.4) is 0 Å². The molecule has 0 bridgehead atoms. The summed E-state index contributed by atoms with van der Waals surface area (Å²) in [7, 11) is 0. The molecular weight excluding hydrogens is 339 g/mol. The highest BCUT2D eigenvalue weighted by Gasteiger charge is 2.51. The van der Waals surface area contributed by atoms with Crippen LogP contribution >= 0.6 is 0 Å². The third kappa shape index (κ3) is 4.47. The molecule has 25 heavy (non-hydrogen) atoms. The highest BCUT2D eigenvalue weighted by Crippen LogP contribution is 2.35. The van der Waals surface area contributed by atoms with E-state index in [9.17, 15) is 28.1 Å². The lowest BCUT2D eigenvalue weighted by Crippen LogP contribution is -2.56. The largest absolute Gasteiger partial charge is 0.405 e. The Labute approximate surface area is 143 Å². The monoisotopic (exact) mass is 359 g/mol. The van der Waals surface area contributed by atoms with Crippen molar-refractivity contribution in [3.05, 3.63) is 39.9 Å². The minimum absolute atomic E-state index is 0.0102. The van der Waals surface area contributed by atoms with Gasteiger partial charge in [-0.05, 0) is 33.1 Å². The topological polar surface area (TPSA) is 75.5 Å². The number of nitrogens with zero attached hydrogens (tertiary/aromatic N) is 2. The van der Waals surface area contributed by atoms with E-state index in [0.717, 1.165) is 5.01 Å². The number of hydrogen-bond donors (Lipinski definition) is 1. The molecule has 0 spiro atoms. The van der Waals surface area contributed by atoms with Gasteiger partial charge in [0.25, 0.3) is 5.69 Å². The number of nitro groups is 1. The van der Waals surface area contributed by atoms with Crippen molar-refractivity contribution < 1.29 is 22.9 Å². The number of halogens is 3. The maximum Gasteiger partial charge on any atom is 0.405 e. The van der Waals surface area contributed by atoms with E-state index < -0.39 is 28.6 Å². The third-order valence-corrected chi connectivity index (χ3v) is 4.29. The predicted molar refractivity (Wildman–Crippen MR) is 84.6 cm³/mol. The molecule has 1 aromatic rings. The summed E-state index contributed by atoms with van der Waals surface area (Å²) in [5.74, 6) is -0.446. The number of aryl methyl sites for hydroxylation is 1. The number of hydrazine groups is 1. The molecule has 0 saturated carbocycles. The van der Waals surface area contributed by atoms with Gasteiger partial charge in [0.2, 0.25) is 5.91 Å². The number of carbonyl (C=O) groups is 1. The molecule has 2 rings (SSSR count). The van der Waals surface area contributed by atoms with Gasteiger partial charge in [-0.2, -0.15) is 13.2 Å². The molecule has 1 aromatic carbocycles. The first-order chi connectivity index (χ1) is 11.5. The second-order valence-electron chi connectivity index (χ2n) is 6.73. The van der Waals surface area contributed by atoms with Crippen LogP contribution in [0.15, 0.2) is 24.3 Å². The Hall–Kier alpha value is -2.16. The van der Waals surface area contributed by atoms with Gasteiger partial charge in [0.15, 0.2) is 0 Å². The average Bonchev–Trinajstić information content (AvgIpc) is 2.75. The van der Waals surface area contributed by atoms with Crippen LogP contribution in [0.5, 0.6) is 0 Å². The van der Waals surface area contributed by atoms with Crippen molar-refractivity contribution in [3.63, 3.8) is 0 Å². The van der Waals surface area contributed by atoms with Crippen LogP contribution in [-0.2, 0) is 11.2 Å². The summed E-state index contributed by atoms with van der Waals surface area (Å²) in [6.07, 6.45) is -4.52. The molecule has 9 heteroatoms. The molecular formula is C16H20F3N3O3. The zero-order valence-electron chi connectivity index (χ0n) is 14.0. The van der Waals surface area contributed by atoms with Crippen LogP contribution in [0, 0.1) is 10.1 Å². The number of amides is 1. The number of alkyl halides is 3. The van der Waals surface area contributed by atoms with Gasteiger partial charge in [-0.15, -0.1) is 0 Å². The summed E-state index contributed by atoms with van der Waals surface area (Å²) < 4.78 is 40.4. The van der Waals surface area contributed by atoms with Crippen LogP contribution in [0.1, 0.15) is 38.7 Å². The number of nitrogens with one attached hydrogen (secondary N) is 1. The van der Waals surface area contributed by atoms with Crippen molar-refractivity contribution in [3.8, 4) is 0 Å². The first kappa shape index (κ1) is 19.2. The molecule has 1 heterocycles. The van der Waals surface area contributed by atoms with Gasteiger partial charge in [-0.3, -0.25) is 20.3 Å². The van der Waals surface area contributed by atoms with Gasteiger partial charge in [0, 0.05) is 23.6 Å². The fourth-order valence-corrected chi connectivity index (χ4v) is 3.13. The average molecular weight is 359 g/mol. The Morgan fingerprint density at radius 1 is 1.36 bits per heavy atom. The molecule has 0 aliphatic carbocycles. The zero-order valence-corrected chi connectivity index (χ0v) is 14.0. The van der Waals surface area contributed by atoms with Crippen molar-refractivity contribution in [1.82, 2.24) is 10.4 Å². The van der Waals surface area contributed by atoms with Gasteiger partial charge >= 0.3 is 6.18 Å². The van der Waals surface area contributed by atoms with Gasteiger partial charge in [-0.1, -0.05) is 18.2 Å². The van der Waals surface area contributed by atoms with Crippen LogP contribution in [0.25, 0.3) is 0 Å². The summed E-state index contributed by atoms with van der Waals surface area (Å²) in [4.78, 5) is 22.0. The molecule has 1 saturated heterocycles. The molecule has 0 aromatic heterocycles. The highest BCUT2D eigenvalue weighted by molar-refractivity contribution is 5.78. The highest BCUT2D eigenvalue weighted by atomic mass is 19.4.